The van der Waals surface area contributed by atoms with Crippen LogP contribution in [0.1, 0.15) is 0 Å². The van der Waals surface area contributed by atoms with Crippen LogP contribution >= 0.6 is 0 Å². The summed E-state index contributed by atoms with van der Waals surface area (Å²) in [5, 5.41) is 44.6. The van der Waals surface area contributed by atoms with E-state index >= 15 is 0 Å². The lowest BCUT2D eigenvalue weighted by atomic mass is 9.95. The molecule has 0 spiro atoms. The molecule has 1 aliphatic heterocycles. The summed E-state index contributed by atoms with van der Waals surface area (Å²) < 4.78 is 7.28. The van der Waals surface area contributed by atoms with Crippen molar-refractivity contribution in [2.75, 3.05) is 0 Å². The van der Waals surface area contributed by atoms with Crippen molar-refractivity contribution >= 4 is 89.3 Å². The molecule has 0 saturated carbocycles. The third-order valence-corrected chi connectivity index (χ3v) is 6.47. The fourth-order valence-electron chi connectivity index (χ4n) is 5.35. The minimum Gasteiger partial charge on any atom is -0.450 e. The zero-order chi connectivity index (χ0) is 28.6. The molecule has 1 saturated heterocycles. The summed E-state index contributed by atoms with van der Waals surface area (Å²) in [6, 6.07) is 31.3. The van der Waals surface area contributed by atoms with E-state index in [1.807, 2.05) is 0 Å². The van der Waals surface area contributed by atoms with Crippen LogP contribution < -0.4 is 0 Å². The monoisotopic (exact) mass is 538 g/mol. The van der Waals surface area contributed by atoms with Gasteiger partial charge >= 0.3 is 24.6 Å². The predicted molar refractivity (Wildman–Crippen MR) is 148 cm³/mol. The summed E-state index contributed by atoms with van der Waals surface area (Å²) in [6.45, 7) is 0. The van der Waals surface area contributed by atoms with Crippen molar-refractivity contribution < 1.29 is 49.1 Å². The molecule has 10 heteroatoms. The van der Waals surface area contributed by atoms with Crippen LogP contribution in [0.4, 0.5) is 19.2 Å². The zero-order valence-corrected chi connectivity index (χ0v) is 20.3. The molecule has 0 amide bonds. The lowest BCUT2D eigenvalue weighted by molar-refractivity contribution is 0.00673. The summed E-state index contributed by atoms with van der Waals surface area (Å²) in [7, 11) is 0. The molecule has 0 radical (unpaired) electrons. The standard InChI is InChI=1S/C26H14.C2O4.2CH2O3/c1-3-9-17-15(7-1)19-11-5-13-22-24-18-10-4-2-8-16(18)20-12-6-14-21(26(20)24)23(17)25(19)22;3-1-5-2(4)6-1;2*2-1(3)4/h1-14H;;2*(H2,2,3,4). The Morgan fingerprint density at radius 3 is 0.875 bits per heavy atom. The first-order valence-electron chi connectivity index (χ1n) is 11.7. The second kappa shape index (κ2) is 10.1. The summed E-state index contributed by atoms with van der Waals surface area (Å²) in [4.78, 5) is 36.0. The molecular weight excluding hydrogens is 520 g/mol. The third-order valence-electron chi connectivity index (χ3n) is 6.47. The first-order valence-corrected chi connectivity index (χ1v) is 11.7. The number of cyclic esters (lactones) is 4. The quantitative estimate of drug-likeness (QED) is 0.0839. The molecule has 198 valence electrons. The topological polar surface area (TPSA) is 168 Å². The average Bonchev–Trinajstić information content (AvgIpc) is 3.42. The van der Waals surface area contributed by atoms with E-state index in [-0.39, 0.29) is 0 Å². The van der Waals surface area contributed by atoms with E-state index in [2.05, 4.69) is 94.4 Å². The molecule has 0 bridgehead atoms. The highest BCUT2D eigenvalue weighted by atomic mass is 16.9. The number of carboxylic acid groups (broad SMARTS) is 4. The van der Waals surface area contributed by atoms with E-state index in [1.54, 1.807) is 0 Å². The van der Waals surface area contributed by atoms with Crippen LogP contribution in [0.3, 0.4) is 0 Å². The van der Waals surface area contributed by atoms with Gasteiger partial charge in [-0.25, -0.2) is 19.2 Å². The molecule has 0 atom stereocenters. The fraction of sp³-hybridized carbons (Fsp3) is 0. The van der Waals surface area contributed by atoms with Crippen molar-refractivity contribution in [3.8, 4) is 0 Å². The maximum atomic E-state index is 9.44. The fourth-order valence-corrected chi connectivity index (χ4v) is 5.35. The molecule has 40 heavy (non-hydrogen) atoms. The molecular formula is C30H18O10. The summed E-state index contributed by atoms with van der Waals surface area (Å²) >= 11 is 0. The zero-order valence-electron chi connectivity index (χ0n) is 20.3. The Bertz CT molecular complexity index is 1910. The van der Waals surface area contributed by atoms with Crippen LogP contribution in [0.2, 0.25) is 0 Å². The third kappa shape index (κ3) is 4.39. The number of hydrogen-bond acceptors (Lipinski definition) is 6. The van der Waals surface area contributed by atoms with E-state index in [0.717, 1.165) is 0 Å². The second-order valence-corrected chi connectivity index (χ2v) is 8.57. The molecule has 8 rings (SSSR count). The van der Waals surface area contributed by atoms with Crippen LogP contribution in [-0.4, -0.2) is 45.0 Å². The van der Waals surface area contributed by atoms with Crippen LogP contribution in [0.15, 0.2) is 84.9 Å². The Hall–Kier alpha value is -5.90. The van der Waals surface area contributed by atoms with Gasteiger partial charge in [0.15, 0.2) is 0 Å². The van der Waals surface area contributed by atoms with Gasteiger partial charge in [0.1, 0.15) is 0 Å². The number of rotatable bonds is 0. The molecule has 7 aromatic rings. The summed E-state index contributed by atoms with van der Waals surface area (Å²) in [5.41, 5.74) is 0. The molecule has 4 N–H and O–H groups in total. The Balaban J connectivity index is 0.000000193. The van der Waals surface area contributed by atoms with Crippen molar-refractivity contribution in [2.45, 2.75) is 0 Å². The molecule has 10 nitrogen and oxygen atoms in total. The Labute approximate surface area is 223 Å². The molecule has 0 aromatic heterocycles. The number of carbonyl (C=O) groups excluding carboxylic acids is 2. The Morgan fingerprint density at radius 1 is 0.400 bits per heavy atom. The molecule has 1 heterocycles. The molecule has 0 aliphatic carbocycles. The summed E-state index contributed by atoms with van der Waals surface area (Å²) in [6.07, 6.45) is -5.50. The molecule has 0 unspecified atom stereocenters. The maximum Gasteiger partial charge on any atom is 0.528 e. The lowest BCUT2D eigenvalue weighted by Gasteiger charge is -2.07. The first-order chi connectivity index (χ1) is 19.2. The van der Waals surface area contributed by atoms with Crippen LogP contribution in [-0.2, 0) is 9.47 Å². The number of ether oxygens (including phenoxy) is 2. The van der Waals surface area contributed by atoms with Gasteiger partial charge in [-0.15, -0.1) is 0 Å². The van der Waals surface area contributed by atoms with Crippen LogP contribution in [0, 0.1) is 0 Å². The van der Waals surface area contributed by atoms with Crippen LogP contribution in [0.25, 0.3) is 64.6 Å². The van der Waals surface area contributed by atoms with Gasteiger partial charge in [0.2, 0.25) is 0 Å². The first kappa shape index (κ1) is 25.7. The van der Waals surface area contributed by atoms with Crippen LogP contribution in [0.5, 0.6) is 0 Å². The van der Waals surface area contributed by atoms with Crippen molar-refractivity contribution in [1.29, 1.82) is 0 Å². The average molecular weight is 538 g/mol. The smallest absolute Gasteiger partial charge is 0.450 e. The molecule has 1 aliphatic rings. The van der Waals surface area contributed by atoms with Gasteiger partial charge in [-0.05, 0) is 64.6 Å². The van der Waals surface area contributed by atoms with Gasteiger partial charge in [0, 0.05) is 0 Å². The Kier molecular flexibility index (Phi) is 6.50. The highest BCUT2D eigenvalue weighted by Crippen LogP contribution is 2.49. The minimum atomic E-state index is -1.83. The number of benzene rings is 5. The molecule has 7 aromatic carbocycles. The van der Waals surface area contributed by atoms with Gasteiger partial charge in [-0.3, -0.25) is 0 Å². The van der Waals surface area contributed by atoms with E-state index in [9.17, 15) is 9.59 Å². The van der Waals surface area contributed by atoms with Crippen molar-refractivity contribution in [2.24, 2.45) is 0 Å². The van der Waals surface area contributed by atoms with E-state index < -0.39 is 24.6 Å². The van der Waals surface area contributed by atoms with Crippen molar-refractivity contribution in [3.05, 3.63) is 84.9 Å². The maximum absolute atomic E-state index is 9.44. The largest absolute Gasteiger partial charge is 0.528 e. The van der Waals surface area contributed by atoms with Gasteiger partial charge in [-0.1, -0.05) is 84.9 Å². The van der Waals surface area contributed by atoms with Gasteiger partial charge in [-0.2, -0.15) is 0 Å². The van der Waals surface area contributed by atoms with E-state index in [4.69, 9.17) is 30.0 Å². The highest BCUT2D eigenvalue weighted by molar-refractivity contribution is 6.47. The summed E-state index contributed by atoms with van der Waals surface area (Å²) in [5.74, 6) is 0. The van der Waals surface area contributed by atoms with Gasteiger partial charge in [0.05, 0.1) is 0 Å². The van der Waals surface area contributed by atoms with Crippen molar-refractivity contribution in [3.63, 3.8) is 0 Å². The Morgan fingerprint density at radius 2 is 0.625 bits per heavy atom. The second-order valence-electron chi connectivity index (χ2n) is 8.57. The normalized spacial score (nSPS) is 12.1. The minimum absolute atomic E-state index is 0.917. The highest BCUT2D eigenvalue weighted by Gasteiger charge is 2.27. The van der Waals surface area contributed by atoms with E-state index in [0.29, 0.717) is 0 Å². The molecule has 1 fully saturated rings. The van der Waals surface area contributed by atoms with Gasteiger partial charge in [0.25, 0.3) is 0 Å². The van der Waals surface area contributed by atoms with Gasteiger partial charge < -0.3 is 29.9 Å². The number of hydrogen-bond donors (Lipinski definition) is 4. The lowest BCUT2D eigenvalue weighted by Crippen LogP contribution is -2.27. The van der Waals surface area contributed by atoms with E-state index in [1.165, 1.54) is 64.6 Å². The number of carbonyl (C=O) groups is 4. The van der Waals surface area contributed by atoms with Crippen molar-refractivity contribution in [1.82, 2.24) is 0 Å². The predicted octanol–water partition coefficient (Wildman–Crippen LogP) is 8.20. The number of fused-ring (bicyclic) bond motifs is 8. The SMILES string of the molecule is O=C(O)O.O=C(O)O.O=C1OC(=O)O1.c1ccc2c(c1)c1cccc3c4c5ccccc5c5cccc(c2c13)c54.